The molecule has 0 radical (unpaired) electrons. The minimum atomic E-state index is -0.0776. The van der Waals surface area contributed by atoms with Crippen LogP contribution in [0.5, 0.6) is 0 Å². The molecule has 0 unspecified atom stereocenters. The summed E-state index contributed by atoms with van der Waals surface area (Å²) in [5.41, 5.74) is 1.60. The SMILES string of the molecule is O=C(c1csc(-c2ccccc2)n1)N1CCC(C2OCCO2)CC1. The molecule has 5 nitrogen and oxygen atoms in total. The van der Waals surface area contributed by atoms with Gasteiger partial charge in [0.05, 0.1) is 13.2 Å². The number of piperidine rings is 1. The molecule has 2 fully saturated rings. The minimum absolute atomic E-state index is 0.0279. The standard InChI is InChI=1S/C18H20N2O3S/c21-17(15-12-24-16(19-15)13-4-2-1-3-5-13)20-8-6-14(7-9-20)18-22-10-11-23-18/h1-5,12,14,18H,6-11H2. The van der Waals surface area contributed by atoms with Crippen molar-refractivity contribution in [3.8, 4) is 10.6 Å². The van der Waals surface area contributed by atoms with E-state index < -0.39 is 0 Å². The average Bonchev–Trinajstić information content (AvgIpc) is 3.34. The number of ether oxygens (including phenoxy) is 2. The molecule has 0 atom stereocenters. The van der Waals surface area contributed by atoms with Crippen LogP contribution in [0.15, 0.2) is 35.7 Å². The van der Waals surface area contributed by atoms with Crippen molar-refractivity contribution < 1.29 is 14.3 Å². The maximum absolute atomic E-state index is 12.7. The Morgan fingerprint density at radius 1 is 1.12 bits per heavy atom. The second kappa shape index (κ2) is 7.01. The van der Waals surface area contributed by atoms with Gasteiger partial charge in [0, 0.05) is 30.0 Å². The quantitative estimate of drug-likeness (QED) is 0.859. The fourth-order valence-corrected chi connectivity index (χ4v) is 4.07. The van der Waals surface area contributed by atoms with Gasteiger partial charge in [0.25, 0.3) is 5.91 Å². The molecule has 1 aromatic heterocycles. The fourth-order valence-electron chi connectivity index (χ4n) is 3.27. The first kappa shape index (κ1) is 15.7. The Kier molecular flexibility index (Phi) is 4.60. The van der Waals surface area contributed by atoms with Crippen molar-refractivity contribution in [2.45, 2.75) is 19.1 Å². The van der Waals surface area contributed by atoms with Crippen molar-refractivity contribution in [3.63, 3.8) is 0 Å². The predicted molar refractivity (Wildman–Crippen MR) is 91.9 cm³/mol. The molecule has 2 aromatic rings. The van der Waals surface area contributed by atoms with Crippen LogP contribution in [0.1, 0.15) is 23.3 Å². The Labute approximate surface area is 145 Å². The van der Waals surface area contributed by atoms with Crippen LogP contribution in [-0.4, -0.2) is 48.4 Å². The van der Waals surface area contributed by atoms with Crippen LogP contribution >= 0.6 is 11.3 Å². The summed E-state index contributed by atoms with van der Waals surface area (Å²) in [6, 6.07) is 9.97. The molecule has 0 bridgehead atoms. The van der Waals surface area contributed by atoms with E-state index in [0.717, 1.165) is 36.5 Å². The highest BCUT2D eigenvalue weighted by molar-refractivity contribution is 7.13. The maximum Gasteiger partial charge on any atom is 0.273 e. The Balaban J connectivity index is 1.39. The van der Waals surface area contributed by atoms with E-state index in [-0.39, 0.29) is 12.2 Å². The molecular weight excluding hydrogens is 324 g/mol. The van der Waals surface area contributed by atoms with Crippen molar-refractivity contribution in [1.82, 2.24) is 9.88 Å². The van der Waals surface area contributed by atoms with Crippen molar-refractivity contribution in [3.05, 3.63) is 41.4 Å². The highest BCUT2D eigenvalue weighted by atomic mass is 32.1. The zero-order valence-corrected chi connectivity index (χ0v) is 14.2. The third kappa shape index (κ3) is 3.22. The topological polar surface area (TPSA) is 51.7 Å². The van der Waals surface area contributed by atoms with E-state index in [0.29, 0.717) is 24.8 Å². The number of aromatic nitrogens is 1. The number of amides is 1. The second-order valence-electron chi connectivity index (χ2n) is 6.14. The van der Waals surface area contributed by atoms with Gasteiger partial charge in [-0.2, -0.15) is 0 Å². The molecule has 1 amide bonds. The first-order chi connectivity index (χ1) is 11.8. The lowest BCUT2D eigenvalue weighted by Gasteiger charge is -2.33. The van der Waals surface area contributed by atoms with Crippen LogP contribution in [0.3, 0.4) is 0 Å². The Morgan fingerprint density at radius 3 is 2.54 bits per heavy atom. The van der Waals surface area contributed by atoms with Crippen molar-refractivity contribution in [2.75, 3.05) is 26.3 Å². The fraction of sp³-hybridized carbons (Fsp3) is 0.444. The molecule has 6 heteroatoms. The zero-order chi connectivity index (χ0) is 16.4. The first-order valence-electron chi connectivity index (χ1n) is 8.35. The Hall–Kier alpha value is -1.76. The van der Waals surface area contributed by atoms with Crippen LogP contribution in [0.25, 0.3) is 10.6 Å². The Morgan fingerprint density at radius 2 is 1.83 bits per heavy atom. The molecule has 0 aliphatic carbocycles. The van der Waals surface area contributed by atoms with Crippen LogP contribution < -0.4 is 0 Å². The average molecular weight is 344 g/mol. The summed E-state index contributed by atoms with van der Waals surface area (Å²) in [7, 11) is 0. The summed E-state index contributed by atoms with van der Waals surface area (Å²) in [6.07, 6.45) is 1.77. The van der Waals surface area contributed by atoms with Crippen molar-refractivity contribution >= 4 is 17.2 Å². The van der Waals surface area contributed by atoms with E-state index in [1.807, 2.05) is 40.6 Å². The lowest BCUT2D eigenvalue weighted by molar-refractivity contribution is -0.0956. The van der Waals surface area contributed by atoms with Crippen LogP contribution in [0.2, 0.25) is 0 Å². The molecule has 4 rings (SSSR count). The molecule has 2 aliphatic rings. The van der Waals surface area contributed by atoms with Gasteiger partial charge in [0.2, 0.25) is 0 Å². The van der Waals surface area contributed by atoms with Gasteiger partial charge in [-0.1, -0.05) is 30.3 Å². The highest BCUT2D eigenvalue weighted by Gasteiger charge is 2.32. The van der Waals surface area contributed by atoms with Gasteiger partial charge in [-0.3, -0.25) is 4.79 Å². The smallest absolute Gasteiger partial charge is 0.273 e. The number of rotatable bonds is 3. The Bertz CT molecular complexity index is 689. The number of nitrogens with zero attached hydrogens (tertiary/aromatic N) is 2. The molecule has 2 aliphatic heterocycles. The first-order valence-corrected chi connectivity index (χ1v) is 9.22. The number of carbonyl (C=O) groups is 1. The molecule has 24 heavy (non-hydrogen) atoms. The van der Waals surface area contributed by atoms with Crippen molar-refractivity contribution in [1.29, 1.82) is 0 Å². The summed E-state index contributed by atoms with van der Waals surface area (Å²) in [5, 5.41) is 2.75. The molecule has 126 valence electrons. The number of likely N-dealkylation sites (tertiary alicyclic amines) is 1. The minimum Gasteiger partial charge on any atom is -0.350 e. The summed E-state index contributed by atoms with van der Waals surface area (Å²) in [6.45, 7) is 2.85. The second-order valence-corrected chi connectivity index (χ2v) is 7.00. The molecule has 3 heterocycles. The van der Waals surface area contributed by atoms with Gasteiger partial charge in [-0.05, 0) is 12.8 Å². The summed E-state index contributed by atoms with van der Waals surface area (Å²) in [4.78, 5) is 19.1. The monoisotopic (exact) mass is 344 g/mol. The summed E-state index contributed by atoms with van der Waals surface area (Å²) < 4.78 is 11.2. The highest BCUT2D eigenvalue weighted by Crippen LogP contribution is 2.28. The summed E-state index contributed by atoms with van der Waals surface area (Å²) >= 11 is 1.52. The van der Waals surface area contributed by atoms with E-state index in [2.05, 4.69) is 4.98 Å². The van der Waals surface area contributed by atoms with Gasteiger partial charge in [-0.25, -0.2) is 4.98 Å². The molecule has 2 saturated heterocycles. The molecule has 0 N–H and O–H groups in total. The van der Waals surface area contributed by atoms with Crippen LogP contribution in [0.4, 0.5) is 0 Å². The molecule has 0 spiro atoms. The van der Waals surface area contributed by atoms with Gasteiger partial charge in [-0.15, -0.1) is 11.3 Å². The number of hydrogen-bond donors (Lipinski definition) is 0. The molecule has 0 saturated carbocycles. The van der Waals surface area contributed by atoms with Gasteiger partial charge >= 0.3 is 0 Å². The van der Waals surface area contributed by atoms with Gasteiger partial charge in [0.15, 0.2) is 6.29 Å². The normalized spacial score (nSPS) is 19.8. The predicted octanol–water partition coefficient (Wildman–Crippen LogP) is 3.04. The van der Waals surface area contributed by atoms with E-state index in [9.17, 15) is 4.79 Å². The molecular formula is C18H20N2O3S. The van der Waals surface area contributed by atoms with Crippen LogP contribution in [0, 0.1) is 5.92 Å². The van der Waals surface area contributed by atoms with E-state index in [1.54, 1.807) is 0 Å². The zero-order valence-electron chi connectivity index (χ0n) is 13.4. The lowest BCUT2D eigenvalue weighted by atomic mass is 9.96. The summed E-state index contributed by atoms with van der Waals surface area (Å²) in [5.74, 6) is 0.423. The number of hydrogen-bond acceptors (Lipinski definition) is 5. The third-order valence-electron chi connectivity index (χ3n) is 4.60. The van der Waals surface area contributed by atoms with Gasteiger partial charge in [0.1, 0.15) is 10.7 Å². The van der Waals surface area contributed by atoms with Crippen LogP contribution in [-0.2, 0) is 9.47 Å². The number of carbonyl (C=O) groups excluding carboxylic acids is 1. The largest absolute Gasteiger partial charge is 0.350 e. The number of benzene rings is 1. The van der Waals surface area contributed by atoms with E-state index in [1.165, 1.54) is 11.3 Å². The van der Waals surface area contributed by atoms with Crippen molar-refractivity contribution in [2.24, 2.45) is 5.92 Å². The molecule has 1 aromatic carbocycles. The van der Waals surface area contributed by atoms with E-state index >= 15 is 0 Å². The third-order valence-corrected chi connectivity index (χ3v) is 5.49. The maximum atomic E-state index is 12.7. The van der Waals surface area contributed by atoms with E-state index in [4.69, 9.17) is 9.47 Å². The lowest BCUT2D eigenvalue weighted by Crippen LogP contribution is -2.41. The van der Waals surface area contributed by atoms with Gasteiger partial charge < -0.3 is 14.4 Å². The number of thiazole rings is 1.